The number of hydrogen-bond acceptors (Lipinski definition) is 4. The van der Waals surface area contributed by atoms with E-state index in [1.165, 1.54) is 6.20 Å². The van der Waals surface area contributed by atoms with E-state index < -0.39 is 7.12 Å². The highest BCUT2D eigenvalue weighted by molar-refractivity contribution is 6.59. The molecule has 0 aliphatic heterocycles. The van der Waals surface area contributed by atoms with Crippen LogP contribution in [-0.2, 0) is 0 Å². The fourth-order valence-electron chi connectivity index (χ4n) is 1.22. The van der Waals surface area contributed by atoms with Crippen LogP contribution >= 0.6 is 0 Å². The molecule has 0 amide bonds. The number of hydrogen-bond donors (Lipinski definition) is 2. The van der Waals surface area contributed by atoms with Gasteiger partial charge in [-0.25, -0.2) is 4.98 Å². The summed E-state index contributed by atoms with van der Waals surface area (Å²) in [6.07, 6.45) is 4.57. The van der Waals surface area contributed by atoms with Crippen molar-refractivity contribution in [3.05, 3.63) is 43.4 Å². The van der Waals surface area contributed by atoms with E-state index in [9.17, 15) is 0 Å². The van der Waals surface area contributed by atoms with E-state index >= 15 is 0 Å². The van der Waals surface area contributed by atoms with Crippen LogP contribution in [0.2, 0.25) is 0 Å². The van der Waals surface area contributed by atoms with Gasteiger partial charge in [0.05, 0.1) is 0 Å². The first kappa shape index (κ1) is 15.4. The van der Waals surface area contributed by atoms with Crippen molar-refractivity contribution in [3.63, 3.8) is 0 Å². The van der Waals surface area contributed by atoms with Crippen LogP contribution in [0.25, 0.3) is 0 Å². The molecule has 1 rings (SSSR count). The van der Waals surface area contributed by atoms with Crippen molar-refractivity contribution in [2.45, 2.75) is 20.8 Å². The van der Waals surface area contributed by atoms with Crippen LogP contribution in [0.1, 0.15) is 19.4 Å². The summed E-state index contributed by atoms with van der Waals surface area (Å²) in [5.74, 6) is 0.641. The lowest BCUT2D eigenvalue weighted by atomic mass is 9.79. The van der Waals surface area contributed by atoms with Gasteiger partial charge in [-0.1, -0.05) is 27.0 Å². The molecule has 0 atom stereocenters. The Bertz CT molecular complexity index is 373. The van der Waals surface area contributed by atoms with E-state index in [4.69, 9.17) is 10.0 Å². The van der Waals surface area contributed by atoms with Crippen LogP contribution in [0.4, 0.5) is 5.82 Å². The fraction of sp³-hybridized carbons (Fsp3) is 0.250. The third-order valence-corrected chi connectivity index (χ3v) is 2.07. The Balaban J connectivity index is 0.00000121. The predicted octanol–water partition coefficient (Wildman–Crippen LogP) is 1.19. The lowest BCUT2D eigenvalue weighted by molar-refractivity contribution is 0.425. The van der Waals surface area contributed by atoms with Gasteiger partial charge in [0, 0.05) is 24.1 Å². The summed E-state index contributed by atoms with van der Waals surface area (Å²) in [6, 6.07) is 1.73. The van der Waals surface area contributed by atoms with Gasteiger partial charge in [0.2, 0.25) is 0 Å². The second kappa shape index (κ2) is 7.65. The quantitative estimate of drug-likeness (QED) is 0.768. The van der Waals surface area contributed by atoms with Crippen molar-refractivity contribution < 1.29 is 10.0 Å². The molecule has 4 nitrogen and oxygen atoms in total. The van der Waals surface area contributed by atoms with Crippen LogP contribution in [0.15, 0.2) is 37.8 Å². The lowest BCUT2D eigenvalue weighted by Gasteiger charge is -2.14. The molecule has 0 aromatic carbocycles. The Hall–Kier alpha value is -1.59. The van der Waals surface area contributed by atoms with Gasteiger partial charge in [0.15, 0.2) is 0 Å². The summed E-state index contributed by atoms with van der Waals surface area (Å²) in [5, 5.41) is 18.0. The molecule has 0 bridgehead atoms. The van der Waals surface area contributed by atoms with Crippen molar-refractivity contribution in [1.29, 1.82) is 0 Å². The maximum Gasteiger partial charge on any atom is 0.490 e. The number of aromatic nitrogens is 1. The Morgan fingerprint density at radius 3 is 2.18 bits per heavy atom. The maximum atomic E-state index is 9.01. The van der Waals surface area contributed by atoms with Gasteiger partial charge in [-0.2, -0.15) is 0 Å². The second-order valence-corrected chi connectivity index (χ2v) is 3.05. The van der Waals surface area contributed by atoms with Gasteiger partial charge in [-0.15, -0.1) is 0 Å². The highest BCUT2D eigenvalue weighted by Crippen LogP contribution is 2.11. The predicted molar refractivity (Wildman–Crippen MR) is 73.0 cm³/mol. The number of nitrogens with zero attached hydrogens (tertiary/aromatic N) is 2. The third kappa shape index (κ3) is 4.05. The molecule has 0 saturated heterocycles. The summed E-state index contributed by atoms with van der Waals surface area (Å²) < 4.78 is 0. The van der Waals surface area contributed by atoms with Gasteiger partial charge in [0.1, 0.15) is 5.82 Å². The molecule has 2 N–H and O–H groups in total. The molecule has 0 radical (unpaired) electrons. The zero-order valence-corrected chi connectivity index (χ0v) is 10.6. The minimum atomic E-state index is -1.49. The molecule has 1 heterocycles. The molecular formula is C12H19BN2O2. The van der Waals surface area contributed by atoms with E-state index in [0.29, 0.717) is 11.3 Å². The zero-order chi connectivity index (χ0) is 13.4. The van der Waals surface area contributed by atoms with Crippen LogP contribution in [0, 0.1) is 6.92 Å². The largest absolute Gasteiger partial charge is 0.490 e. The van der Waals surface area contributed by atoms with Gasteiger partial charge >= 0.3 is 7.12 Å². The van der Waals surface area contributed by atoms with Gasteiger partial charge in [-0.05, 0) is 18.6 Å². The molecule has 0 saturated carbocycles. The Morgan fingerprint density at radius 2 is 1.82 bits per heavy atom. The van der Waals surface area contributed by atoms with E-state index in [2.05, 4.69) is 18.1 Å². The summed E-state index contributed by atoms with van der Waals surface area (Å²) in [5.41, 5.74) is 1.15. The first-order chi connectivity index (χ1) is 8.10. The molecule has 0 fully saturated rings. The Labute approximate surface area is 103 Å². The van der Waals surface area contributed by atoms with E-state index in [0.717, 1.165) is 5.56 Å². The van der Waals surface area contributed by atoms with Crippen LogP contribution in [0.5, 0.6) is 0 Å². The van der Waals surface area contributed by atoms with Crippen LogP contribution < -0.4 is 10.4 Å². The van der Waals surface area contributed by atoms with Crippen molar-refractivity contribution in [2.24, 2.45) is 0 Å². The molecule has 92 valence electrons. The number of rotatable bonds is 4. The topological polar surface area (TPSA) is 56.6 Å². The molecule has 1 aromatic heterocycles. The van der Waals surface area contributed by atoms with Crippen LogP contribution in [-0.4, -0.2) is 22.2 Å². The first-order valence-corrected chi connectivity index (χ1v) is 5.46. The zero-order valence-electron chi connectivity index (χ0n) is 10.6. The van der Waals surface area contributed by atoms with Crippen LogP contribution in [0.3, 0.4) is 0 Å². The number of pyridine rings is 1. The molecule has 17 heavy (non-hydrogen) atoms. The number of anilines is 1. The molecule has 0 spiro atoms. The average Bonchev–Trinajstić information content (AvgIpc) is 2.33. The lowest BCUT2D eigenvalue weighted by Crippen LogP contribution is -2.32. The molecule has 1 aromatic rings. The Kier molecular flexibility index (Phi) is 6.94. The van der Waals surface area contributed by atoms with Gasteiger partial charge in [0.25, 0.3) is 0 Å². The summed E-state index contributed by atoms with van der Waals surface area (Å²) >= 11 is 0. The molecular weight excluding hydrogens is 215 g/mol. The normalized spacial score (nSPS) is 8.76. The summed E-state index contributed by atoms with van der Waals surface area (Å²) in [7, 11) is -1.49. The molecule has 5 heteroatoms. The average molecular weight is 234 g/mol. The van der Waals surface area contributed by atoms with Gasteiger partial charge in [-0.3, -0.25) is 0 Å². The first-order valence-electron chi connectivity index (χ1n) is 5.46. The second-order valence-electron chi connectivity index (χ2n) is 3.05. The van der Waals surface area contributed by atoms with Crippen molar-refractivity contribution >= 4 is 18.4 Å². The Morgan fingerprint density at radius 1 is 1.29 bits per heavy atom. The fourth-order valence-corrected chi connectivity index (χ4v) is 1.22. The minimum absolute atomic E-state index is 0.395. The minimum Gasteiger partial charge on any atom is -0.423 e. The molecule has 0 aliphatic rings. The SMILES string of the molecule is C=CN(C=C)c1cc(C)c(B(O)O)cn1.CC. The molecule has 0 aliphatic carbocycles. The van der Waals surface area contributed by atoms with Crippen molar-refractivity contribution in [1.82, 2.24) is 4.98 Å². The summed E-state index contributed by atoms with van der Waals surface area (Å²) in [4.78, 5) is 5.71. The van der Waals surface area contributed by atoms with Crippen molar-refractivity contribution in [3.8, 4) is 0 Å². The van der Waals surface area contributed by atoms with Crippen molar-refractivity contribution in [2.75, 3.05) is 4.90 Å². The molecule has 0 unspecified atom stereocenters. The third-order valence-electron chi connectivity index (χ3n) is 2.07. The van der Waals surface area contributed by atoms with E-state index in [-0.39, 0.29) is 0 Å². The monoisotopic (exact) mass is 234 g/mol. The van der Waals surface area contributed by atoms with Gasteiger partial charge < -0.3 is 14.9 Å². The smallest absolute Gasteiger partial charge is 0.423 e. The summed E-state index contributed by atoms with van der Waals surface area (Å²) in [6.45, 7) is 13.0. The van der Waals surface area contributed by atoms with E-state index in [1.54, 1.807) is 30.3 Å². The highest BCUT2D eigenvalue weighted by atomic mass is 16.4. The number of aryl methyl sites for hydroxylation is 1. The standard InChI is InChI=1S/C10H13BN2O2.C2H6/c1-4-13(5-2)10-6-8(3)9(7-12-10)11(14)15;1-2/h4-7,14-15H,1-2H2,3H3;1-2H3. The highest BCUT2D eigenvalue weighted by Gasteiger charge is 2.15. The van der Waals surface area contributed by atoms with E-state index in [1.807, 2.05) is 13.8 Å². The maximum absolute atomic E-state index is 9.01.